The van der Waals surface area contributed by atoms with Crippen LogP contribution in [0.25, 0.3) is 0 Å². The average Bonchev–Trinajstić information content (AvgIpc) is 2.32. The number of amides is 1. The minimum atomic E-state index is -0.651. The highest BCUT2D eigenvalue weighted by molar-refractivity contribution is 9.10. The fourth-order valence-electron chi connectivity index (χ4n) is 1.27. The quantitative estimate of drug-likeness (QED) is 0.890. The number of nitrogens with one attached hydrogen (secondary N) is 2. The number of hydrogen-bond donors (Lipinski definition) is 2. The molecule has 0 aliphatic rings. The van der Waals surface area contributed by atoms with Crippen molar-refractivity contribution in [3.05, 3.63) is 56.9 Å². The molecule has 92 valence electrons. The summed E-state index contributed by atoms with van der Waals surface area (Å²) >= 11 is 3.11. The summed E-state index contributed by atoms with van der Waals surface area (Å²) in [6, 6.07) is 5.25. The fourth-order valence-corrected chi connectivity index (χ4v) is 1.60. The van der Waals surface area contributed by atoms with Crippen molar-refractivity contribution in [2.75, 3.05) is 5.32 Å². The van der Waals surface area contributed by atoms with E-state index >= 15 is 0 Å². The van der Waals surface area contributed by atoms with Gasteiger partial charge in [0.05, 0.1) is 12.0 Å². The number of benzene rings is 1. The lowest BCUT2D eigenvalue weighted by Gasteiger charge is -2.05. The Labute approximate surface area is 109 Å². The molecule has 2 rings (SSSR count). The van der Waals surface area contributed by atoms with Crippen molar-refractivity contribution in [1.82, 2.24) is 9.97 Å². The van der Waals surface area contributed by atoms with E-state index < -0.39 is 17.3 Å². The number of halogens is 2. The average molecular weight is 312 g/mol. The molecule has 1 aromatic carbocycles. The molecule has 0 bridgehead atoms. The number of aromatic nitrogens is 2. The van der Waals surface area contributed by atoms with Crippen LogP contribution < -0.4 is 10.9 Å². The SMILES string of the molecule is O=C(Nc1ccc(Br)cc1F)c1cc(=O)[nH]cn1. The highest BCUT2D eigenvalue weighted by atomic mass is 79.9. The van der Waals surface area contributed by atoms with Gasteiger partial charge in [-0.2, -0.15) is 0 Å². The van der Waals surface area contributed by atoms with E-state index in [0.29, 0.717) is 4.47 Å². The van der Waals surface area contributed by atoms with Gasteiger partial charge in [0.1, 0.15) is 11.5 Å². The molecule has 0 spiro atoms. The number of carbonyl (C=O) groups is 1. The van der Waals surface area contributed by atoms with E-state index in [1.807, 2.05) is 0 Å². The summed E-state index contributed by atoms with van der Waals surface area (Å²) in [4.78, 5) is 28.7. The monoisotopic (exact) mass is 311 g/mol. The number of carbonyl (C=O) groups excluding carboxylic acids is 1. The summed E-state index contributed by atoms with van der Waals surface area (Å²) in [5.74, 6) is -1.23. The summed E-state index contributed by atoms with van der Waals surface area (Å²) in [6.07, 6.45) is 1.11. The third kappa shape index (κ3) is 2.80. The molecule has 2 N–H and O–H groups in total. The van der Waals surface area contributed by atoms with Crippen LogP contribution in [-0.2, 0) is 0 Å². The number of anilines is 1. The molecule has 0 aliphatic carbocycles. The summed E-state index contributed by atoms with van der Waals surface area (Å²) in [6.45, 7) is 0. The summed E-state index contributed by atoms with van der Waals surface area (Å²) in [5.41, 5.74) is -0.516. The maximum atomic E-state index is 13.5. The zero-order valence-corrected chi connectivity index (χ0v) is 10.5. The van der Waals surface area contributed by atoms with Crippen LogP contribution in [0.1, 0.15) is 10.5 Å². The van der Waals surface area contributed by atoms with Crippen molar-refractivity contribution in [3.63, 3.8) is 0 Å². The Bertz CT molecular complexity index is 657. The normalized spacial score (nSPS) is 10.1. The van der Waals surface area contributed by atoms with Crippen LogP contribution in [0, 0.1) is 5.82 Å². The molecule has 1 aromatic heterocycles. The van der Waals surface area contributed by atoms with E-state index in [0.717, 1.165) is 12.4 Å². The maximum absolute atomic E-state index is 13.5. The Morgan fingerprint density at radius 1 is 1.39 bits per heavy atom. The van der Waals surface area contributed by atoms with Gasteiger partial charge in [-0.25, -0.2) is 9.37 Å². The van der Waals surface area contributed by atoms with Crippen LogP contribution in [-0.4, -0.2) is 15.9 Å². The highest BCUT2D eigenvalue weighted by Crippen LogP contribution is 2.19. The van der Waals surface area contributed by atoms with E-state index in [4.69, 9.17) is 0 Å². The number of hydrogen-bond acceptors (Lipinski definition) is 3. The molecule has 0 atom stereocenters. The Hall–Kier alpha value is -2.02. The van der Waals surface area contributed by atoms with Crippen LogP contribution in [0.15, 0.2) is 39.9 Å². The molecule has 0 saturated carbocycles. The third-order valence-corrected chi connectivity index (χ3v) is 2.58. The van der Waals surface area contributed by atoms with Gasteiger partial charge in [0.15, 0.2) is 0 Å². The van der Waals surface area contributed by atoms with Gasteiger partial charge >= 0.3 is 0 Å². The molecular weight excluding hydrogens is 305 g/mol. The van der Waals surface area contributed by atoms with Crippen LogP contribution in [0.2, 0.25) is 0 Å². The van der Waals surface area contributed by atoms with Crippen LogP contribution in [0.3, 0.4) is 0 Å². The second-order valence-corrected chi connectivity index (χ2v) is 4.29. The molecule has 0 radical (unpaired) electrons. The highest BCUT2D eigenvalue weighted by Gasteiger charge is 2.11. The zero-order valence-electron chi connectivity index (χ0n) is 8.91. The first-order valence-electron chi connectivity index (χ1n) is 4.87. The maximum Gasteiger partial charge on any atom is 0.274 e. The van der Waals surface area contributed by atoms with Crippen LogP contribution >= 0.6 is 15.9 Å². The predicted octanol–water partition coefficient (Wildman–Crippen LogP) is 1.92. The van der Waals surface area contributed by atoms with Crippen molar-refractivity contribution in [1.29, 1.82) is 0 Å². The van der Waals surface area contributed by atoms with E-state index in [1.165, 1.54) is 12.1 Å². The summed E-state index contributed by atoms with van der Waals surface area (Å²) < 4.78 is 14.0. The number of nitrogens with zero attached hydrogens (tertiary/aromatic N) is 1. The lowest BCUT2D eigenvalue weighted by molar-refractivity contribution is 0.102. The molecule has 2 aromatic rings. The molecule has 7 heteroatoms. The van der Waals surface area contributed by atoms with E-state index in [9.17, 15) is 14.0 Å². The molecule has 0 aliphatic heterocycles. The third-order valence-electron chi connectivity index (χ3n) is 2.09. The lowest BCUT2D eigenvalue weighted by atomic mass is 10.3. The minimum Gasteiger partial charge on any atom is -0.318 e. The predicted molar refractivity (Wildman–Crippen MR) is 66.9 cm³/mol. The molecule has 5 nitrogen and oxygen atoms in total. The van der Waals surface area contributed by atoms with E-state index in [1.54, 1.807) is 6.07 Å². The molecule has 0 unspecified atom stereocenters. The van der Waals surface area contributed by atoms with Gasteiger partial charge in [-0.3, -0.25) is 9.59 Å². The van der Waals surface area contributed by atoms with Crippen molar-refractivity contribution in [2.45, 2.75) is 0 Å². The Kier molecular flexibility index (Phi) is 3.52. The van der Waals surface area contributed by atoms with Crippen molar-refractivity contribution in [2.24, 2.45) is 0 Å². The summed E-state index contributed by atoms with van der Waals surface area (Å²) in [5, 5.41) is 2.33. The smallest absolute Gasteiger partial charge is 0.274 e. The Morgan fingerprint density at radius 2 is 2.17 bits per heavy atom. The fraction of sp³-hybridized carbons (Fsp3) is 0. The first-order valence-corrected chi connectivity index (χ1v) is 5.67. The van der Waals surface area contributed by atoms with Gasteiger partial charge in [0, 0.05) is 10.5 Å². The van der Waals surface area contributed by atoms with Gasteiger partial charge in [0.2, 0.25) is 0 Å². The first kappa shape index (κ1) is 12.4. The van der Waals surface area contributed by atoms with Gasteiger partial charge < -0.3 is 10.3 Å². The number of aromatic amines is 1. The standard InChI is InChI=1S/C11H7BrFN3O2/c12-6-1-2-8(7(13)3-6)16-11(18)9-4-10(17)15-5-14-9/h1-5H,(H,16,18)(H,14,15,17). The molecule has 18 heavy (non-hydrogen) atoms. The topological polar surface area (TPSA) is 74.8 Å². The van der Waals surface area contributed by atoms with Crippen molar-refractivity contribution in [3.8, 4) is 0 Å². The van der Waals surface area contributed by atoms with E-state index in [2.05, 4.69) is 31.2 Å². The second-order valence-electron chi connectivity index (χ2n) is 3.37. The zero-order chi connectivity index (χ0) is 13.1. The minimum absolute atomic E-state index is 0.0188. The van der Waals surface area contributed by atoms with Crippen LogP contribution in [0.5, 0.6) is 0 Å². The molecule has 1 heterocycles. The number of H-pyrrole nitrogens is 1. The molecule has 0 saturated heterocycles. The lowest BCUT2D eigenvalue weighted by Crippen LogP contribution is -2.18. The second kappa shape index (κ2) is 5.09. The van der Waals surface area contributed by atoms with E-state index in [-0.39, 0.29) is 11.4 Å². The van der Waals surface area contributed by atoms with Gasteiger partial charge in [-0.1, -0.05) is 15.9 Å². The summed E-state index contributed by atoms with van der Waals surface area (Å²) in [7, 11) is 0. The van der Waals surface area contributed by atoms with Gasteiger partial charge in [0.25, 0.3) is 11.5 Å². The first-order chi connectivity index (χ1) is 8.56. The Morgan fingerprint density at radius 3 is 2.83 bits per heavy atom. The van der Waals surface area contributed by atoms with Crippen molar-refractivity contribution < 1.29 is 9.18 Å². The van der Waals surface area contributed by atoms with Crippen LogP contribution in [0.4, 0.5) is 10.1 Å². The van der Waals surface area contributed by atoms with Gasteiger partial charge in [-0.05, 0) is 18.2 Å². The van der Waals surface area contributed by atoms with Crippen molar-refractivity contribution >= 4 is 27.5 Å². The van der Waals surface area contributed by atoms with Gasteiger partial charge in [-0.15, -0.1) is 0 Å². The Balaban J connectivity index is 2.24. The molecular formula is C11H7BrFN3O2. The largest absolute Gasteiger partial charge is 0.318 e. The molecule has 1 amide bonds. The number of rotatable bonds is 2. The molecule has 0 fully saturated rings.